The maximum atomic E-state index is 11.9. The summed E-state index contributed by atoms with van der Waals surface area (Å²) in [5.74, 6) is -0.491. The van der Waals surface area contributed by atoms with Crippen LogP contribution in [0.3, 0.4) is 0 Å². The zero-order chi connectivity index (χ0) is 13.1. The third-order valence-electron chi connectivity index (χ3n) is 3.10. The first kappa shape index (κ1) is 12.8. The number of nitro benzene ring substituents is 1. The van der Waals surface area contributed by atoms with Gasteiger partial charge in [-0.3, -0.25) is 14.9 Å². The summed E-state index contributed by atoms with van der Waals surface area (Å²) in [6.45, 7) is 0.655. The van der Waals surface area contributed by atoms with Gasteiger partial charge >= 0.3 is 0 Å². The van der Waals surface area contributed by atoms with E-state index >= 15 is 0 Å². The van der Waals surface area contributed by atoms with E-state index in [9.17, 15) is 14.9 Å². The predicted molar refractivity (Wildman–Crippen MR) is 67.7 cm³/mol. The third kappa shape index (κ3) is 2.61. The molecule has 1 aliphatic heterocycles. The summed E-state index contributed by atoms with van der Waals surface area (Å²) in [6, 6.07) is 4.23. The molecule has 96 valence electrons. The number of rotatable bonds is 2. The molecule has 1 fully saturated rings. The van der Waals surface area contributed by atoms with Gasteiger partial charge in [-0.05, 0) is 24.5 Å². The van der Waals surface area contributed by atoms with Gasteiger partial charge in [-0.15, -0.1) is 0 Å². The molecular weight excluding hydrogens is 256 g/mol. The Morgan fingerprint density at radius 3 is 2.89 bits per heavy atom. The topological polar surface area (TPSA) is 72.2 Å². The van der Waals surface area contributed by atoms with Crippen LogP contribution in [0.4, 0.5) is 5.69 Å². The minimum atomic E-state index is -0.478. The van der Waals surface area contributed by atoms with Crippen LogP contribution >= 0.6 is 11.6 Å². The number of hydrogen-bond donors (Lipinski definition) is 1. The zero-order valence-electron chi connectivity index (χ0n) is 9.69. The summed E-state index contributed by atoms with van der Waals surface area (Å²) in [6.07, 6.45) is 2.50. The molecule has 0 bridgehead atoms. The van der Waals surface area contributed by atoms with Crippen molar-refractivity contribution in [2.24, 2.45) is 0 Å². The van der Waals surface area contributed by atoms with Gasteiger partial charge in [-0.2, -0.15) is 0 Å². The number of hydrogen-bond acceptors (Lipinski definition) is 3. The fourth-order valence-corrected chi connectivity index (χ4v) is 2.40. The molecule has 1 N–H and O–H groups in total. The normalized spacial score (nSPS) is 20.1. The standard InChI is InChI=1S/C12H13ClN2O3/c13-11-5-4-8(15(17)18)7-10(11)9-3-1-2-6-14-12(9)16/h4-5,7,9H,1-3,6H2,(H,14,16). The molecule has 1 atom stereocenters. The fraction of sp³-hybridized carbons (Fsp3) is 0.417. The Morgan fingerprint density at radius 1 is 1.39 bits per heavy atom. The third-order valence-corrected chi connectivity index (χ3v) is 3.45. The van der Waals surface area contributed by atoms with Gasteiger partial charge in [0.05, 0.1) is 10.8 Å². The van der Waals surface area contributed by atoms with Crippen LogP contribution in [-0.2, 0) is 4.79 Å². The van der Waals surface area contributed by atoms with E-state index in [2.05, 4.69) is 5.32 Å². The van der Waals surface area contributed by atoms with Gasteiger partial charge in [0.15, 0.2) is 0 Å². The van der Waals surface area contributed by atoms with Crippen molar-refractivity contribution in [1.82, 2.24) is 5.32 Å². The highest BCUT2D eigenvalue weighted by atomic mass is 35.5. The van der Waals surface area contributed by atoms with Crippen LogP contribution in [0.1, 0.15) is 30.7 Å². The predicted octanol–water partition coefficient (Wildman–Crippen LogP) is 2.63. The molecule has 1 saturated heterocycles. The average Bonchev–Trinajstić information content (AvgIpc) is 2.54. The summed E-state index contributed by atoms with van der Waals surface area (Å²) in [5.41, 5.74) is 0.511. The van der Waals surface area contributed by atoms with E-state index in [1.54, 1.807) is 0 Å². The highest BCUT2D eigenvalue weighted by Crippen LogP contribution is 2.32. The number of nitro groups is 1. The first-order chi connectivity index (χ1) is 8.59. The molecule has 0 aromatic heterocycles. The Bertz CT molecular complexity index is 490. The second-order valence-corrected chi connectivity index (χ2v) is 4.71. The van der Waals surface area contributed by atoms with Crippen LogP contribution in [0.5, 0.6) is 0 Å². The molecule has 0 radical (unpaired) electrons. The van der Waals surface area contributed by atoms with Gasteiger partial charge in [0.1, 0.15) is 0 Å². The van der Waals surface area contributed by atoms with Crippen molar-refractivity contribution >= 4 is 23.2 Å². The van der Waals surface area contributed by atoms with E-state index in [-0.39, 0.29) is 17.5 Å². The fourth-order valence-electron chi connectivity index (χ4n) is 2.15. The van der Waals surface area contributed by atoms with Crippen LogP contribution in [0.2, 0.25) is 5.02 Å². The Kier molecular flexibility index (Phi) is 3.81. The van der Waals surface area contributed by atoms with Crippen LogP contribution in [-0.4, -0.2) is 17.4 Å². The van der Waals surface area contributed by atoms with E-state index in [4.69, 9.17) is 11.6 Å². The van der Waals surface area contributed by atoms with Gasteiger partial charge < -0.3 is 5.32 Å². The van der Waals surface area contributed by atoms with E-state index < -0.39 is 4.92 Å². The smallest absolute Gasteiger partial charge is 0.269 e. The molecule has 1 heterocycles. The molecule has 1 unspecified atom stereocenters. The molecule has 0 spiro atoms. The SMILES string of the molecule is O=C1NCCCCC1c1cc([N+](=O)[O-])ccc1Cl. The largest absolute Gasteiger partial charge is 0.356 e. The van der Waals surface area contributed by atoms with E-state index in [1.807, 2.05) is 0 Å². The zero-order valence-corrected chi connectivity index (χ0v) is 10.4. The van der Waals surface area contributed by atoms with E-state index in [0.717, 1.165) is 12.8 Å². The quantitative estimate of drug-likeness (QED) is 0.662. The summed E-state index contributed by atoms with van der Waals surface area (Å²) >= 11 is 6.05. The van der Waals surface area contributed by atoms with E-state index in [0.29, 0.717) is 23.6 Å². The number of nitrogens with zero attached hydrogens (tertiary/aromatic N) is 1. The maximum Gasteiger partial charge on any atom is 0.269 e. The summed E-state index contributed by atoms with van der Waals surface area (Å²) < 4.78 is 0. The highest BCUT2D eigenvalue weighted by molar-refractivity contribution is 6.31. The van der Waals surface area contributed by atoms with Gasteiger partial charge in [0.25, 0.3) is 5.69 Å². The minimum Gasteiger partial charge on any atom is -0.356 e. The lowest BCUT2D eigenvalue weighted by atomic mass is 9.93. The monoisotopic (exact) mass is 268 g/mol. The molecule has 6 heteroatoms. The molecule has 5 nitrogen and oxygen atoms in total. The van der Waals surface area contributed by atoms with Crippen molar-refractivity contribution in [3.8, 4) is 0 Å². The lowest BCUT2D eigenvalue weighted by Crippen LogP contribution is -2.27. The molecule has 1 amide bonds. The van der Waals surface area contributed by atoms with Gasteiger partial charge in [0.2, 0.25) is 5.91 Å². The number of amides is 1. The Labute approximate surface area is 109 Å². The van der Waals surface area contributed by atoms with Gasteiger partial charge in [-0.1, -0.05) is 18.0 Å². The lowest BCUT2D eigenvalue weighted by Gasteiger charge is -2.14. The van der Waals surface area contributed by atoms with Gasteiger partial charge in [0, 0.05) is 23.7 Å². The molecular formula is C12H13ClN2O3. The first-order valence-electron chi connectivity index (χ1n) is 5.81. The summed E-state index contributed by atoms with van der Waals surface area (Å²) in [5, 5.41) is 14.0. The minimum absolute atomic E-state index is 0.0357. The lowest BCUT2D eigenvalue weighted by molar-refractivity contribution is -0.384. The summed E-state index contributed by atoms with van der Waals surface area (Å²) in [7, 11) is 0. The molecule has 18 heavy (non-hydrogen) atoms. The number of non-ortho nitro benzene ring substituents is 1. The maximum absolute atomic E-state index is 11.9. The molecule has 1 aliphatic rings. The Hall–Kier alpha value is -1.62. The van der Waals surface area contributed by atoms with Crippen LogP contribution in [0.15, 0.2) is 18.2 Å². The average molecular weight is 269 g/mol. The number of carbonyl (C=O) groups is 1. The number of carbonyl (C=O) groups excluding carboxylic acids is 1. The Morgan fingerprint density at radius 2 is 2.17 bits per heavy atom. The molecule has 0 saturated carbocycles. The number of nitrogens with one attached hydrogen (secondary N) is 1. The number of halogens is 1. The highest BCUT2D eigenvalue weighted by Gasteiger charge is 2.26. The van der Waals surface area contributed by atoms with Crippen molar-refractivity contribution in [2.75, 3.05) is 6.54 Å². The molecule has 1 aromatic rings. The number of benzene rings is 1. The van der Waals surface area contributed by atoms with Crippen molar-refractivity contribution in [3.05, 3.63) is 38.9 Å². The molecule has 2 rings (SSSR count). The van der Waals surface area contributed by atoms with Crippen LogP contribution in [0.25, 0.3) is 0 Å². The van der Waals surface area contributed by atoms with Crippen LogP contribution < -0.4 is 5.32 Å². The first-order valence-corrected chi connectivity index (χ1v) is 6.19. The van der Waals surface area contributed by atoms with Crippen molar-refractivity contribution in [1.29, 1.82) is 0 Å². The van der Waals surface area contributed by atoms with E-state index in [1.165, 1.54) is 18.2 Å². The van der Waals surface area contributed by atoms with Crippen LogP contribution in [0, 0.1) is 10.1 Å². The second-order valence-electron chi connectivity index (χ2n) is 4.30. The molecule has 0 aliphatic carbocycles. The van der Waals surface area contributed by atoms with Crippen molar-refractivity contribution < 1.29 is 9.72 Å². The Balaban J connectivity index is 2.38. The second kappa shape index (κ2) is 5.35. The molecule has 1 aromatic carbocycles. The summed E-state index contributed by atoms with van der Waals surface area (Å²) in [4.78, 5) is 22.2. The van der Waals surface area contributed by atoms with Gasteiger partial charge in [-0.25, -0.2) is 0 Å². The van der Waals surface area contributed by atoms with Crippen molar-refractivity contribution in [3.63, 3.8) is 0 Å². The van der Waals surface area contributed by atoms with Crippen molar-refractivity contribution in [2.45, 2.75) is 25.2 Å².